The molecule has 0 fully saturated rings. The second kappa shape index (κ2) is 8.33. The highest BCUT2D eigenvalue weighted by Gasteiger charge is 2.22. The van der Waals surface area contributed by atoms with Gasteiger partial charge in [-0.1, -0.05) is 24.3 Å². The molecule has 6 nitrogen and oxygen atoms in total. The maximum Gasteiger partial charge on any atom is 0.244 e. The smallest absolute Gasteiger partial charge is 0.244 e. The number of hydrogen-bond donors (Lipinski definition) is 1. The van der Waals surface area contributed by atoms with Crippen LogP contribution in [0.4, 0.5) is 0 Å². The van der Waals surface area contributed by atoms with Crippen LogP contribution in [0.2, 0.25) is 0 Å². The maximum atomic E-state index is 12.7. The first-order chi connectivity index (χ1) is 11.9. The molecule has 25 heavy (non-hydrogen) atoms. The molecule has 0 aliphatic rings. The molecule has 0 radical (unpaired) electrons. The number of nitrogens with one attached hydrogen (secondary N) is 1. The van der Waals surface area contributed by atoms with Crippen LogP contribution in [0.5, 0.6) is 11.5 Å². The number of hydrogen-bond acceptors (Lipinski definition) is 5. The summed E-state index contributed by atoms with van der Waals surface area (Å²) >= 11 is 0. The van der Waals surface area contributed by atoms with E-state index in [0.717, 1.165) is 11.1 Å². The lowest BCUT2D eigenvalue weighted by Gasteiger charge is -2.19. The van der Waals surface area contributed by atoms with Crippen LogP contribution in [0, 0.1) is 6.92 Å². The van der Waals surface area contributed by atoms with Crippen LogP contribution in [0.1, 0.15) is 17.2 Å². The van der Waals surface area contributed by atoms with Gasteiger partial charge in [0.05, 0.1) is 20.3 Å². The number of sulfonamides is 1. The number of ether oxygens (including phenoxy) is 3. The fourth-order valence-corrected chi connectivity index (χ4v) is 3.71. The summed E-state index contributed by atoms with van der Waals surface area (Å²) in [6.45, 7) is 2.07. The highest BCUT2D eigenvalue weighted by Crippen LogP contribution is 2.28. The number of methoxy groups -OCH3 is 3. The monoisotopic (exact) mass is 365 g/mol. The van der Waals surface area contributed by atoms with E-state index in [9.17, 15) is 8.42 Å². The quantitative estimate of drug-likeness (QED) is 0.779. The summed E-state index contributed by atoms with van der Waals surface area (Å²) < 4.78 is 43.7. The predicted molar refractivity (Wildman–Crippen MR) is 95.7 cm³/mol. The molecule has 2 rings (SSSR count). The molecule has 0 saturated carbocycles. The third kappa shape index (κ3) is 4.50. The summed E-state index contributed by atoms with van der Waals surface area (Å²) in [5.74, 6) is 0.738. The third-order valence-electron chi connectivity index (χ3n) is 3.94. The fourth-order valence-electron chi connectivity index (χ4n) is 2.53. The summed E-state index contributed by atoms with van der Waals surface area (Å²) in [7, 11) is 0.713. The van der Waals surface area contributed by atoms with Crippen molar-refractivity contribution in [1.82, 2.24) is 4.72 Å². The van der Waals surface area contributed by atoms with Crippen LogP contribution in [0.3, 0.4) is 0 Å². The Bertz CT molecular complexity index is 820. The van der Waals surface area contributed by atoms with Crippen LogP contribution >= 0.6 is 0 Å². The van der Waals surface area contributed by atoms with Gasteiger partial charge in [-0.2, -0.15) is 0 Å². The minimum absolute atomic E-state index is 0.0513. The van der Waals surface area contributed by atoms with E-state index >= 15 is 0 Å². The van der Waals surface area contributed by atoms with Gasteiger partial charge in [-0.25, -0.2) is 13.1 Å². The minimum atomic E-state index is -3.76. The third-order valence-corrected chi connectivity index (χ3v) is 5.40. The minimum Gasteiger partial charge on any atom is -0.497 e. The zero-order valence-corrected chi connectivity index (χ0v) is 15.6. The van der Waals surface area contributed by atoms with Crippen molar-refractivity contribution < 1.29 is 22.6 Å². The molecule has 136 valence electrons. The Morgan fingerprint density at radius 2 is 1.76 bits per heavy atom. The van der Waals surface area contributed by atoms with Crippen LogP contribution in [0.25, 0.3) is 0 Å². The van der Waals surface area contributed by atoms with Crippen molar-refractivity contribution in [2.24, 2.45) is 0 Å². The summed E-state index contributed by atoms with van der Waals surface area (Å²) in [6.07, 6.45) is -0.389. The zero-order chi connectivity index (χ0) is 18.4. The molecule has 7 heteroatoms. The fraction of sp³-hybridized carbons (Fsp3) is 0.333. The normalized spacial score (nSPS) is 12.6. The zero-order valence-electron chi connectivity index (χ0n) is 14.8. The second-order valence-corrected chi connectivity index (χ2v) is 7.18. The van der Waals surface area contributed by atoms with Crippen LogP contribution < -0.4 is 14.2 Å². The largest absolute Gasteiger partial charge is 0.497 e. The molecule has 0 spiro atoms. The number of aryl methyl sites for hydroxylation is 1. The molecule has 0 aromatic heterocycles. The van der Waals surface area contributed by atoms with Gasteiger partial charge in [0, 0.05) is 19.7 Å². The summed E-state index contributed by atoms with van der Waals surface area (Å²) in [5, 5.41) is 0. The summed E-state index contributed by atoms with van der Waals surface area (Å²) in [5.41, 5.74) is 1.98. The number of rotatable bonds is 8. The molecule has 0 amide bonds. The van der Waals surface area contributed by atoms with Gasteiger partial charge in [-0.15, -0.1) is 0 Å². The van der Waals surface area contributed by atoms with Gasteiger partial charge >= 0.3 is 0 Å². The van der Waals surface area contributed by atoms with Gasteiger partial charge in [-0.05, 0) is 30.2 Å². The molecule has 0 aliphatic carbocycles. The highest BCUT2D eigenvalue weighted by atomic mass is 32.2. The second-order valence-electron chi connectivity index (χ2n) is 5.45. The van der Waals surface area contributed by atoms with Gasteiger partial charge in [0.2, 0.25) is 10.0 Å². The van der Waals surface area contributed by atoms with Crippen molar-refractivity contribution in [3.8, 4) is 11.5 Å². The van der Waals surface area contributed by atoms with Crippen molar-refractivity contribution in [3.63, 3.8) is 0 Å². The van der Waals surface area contributed by atoms with Gasteiger partial charge in [0.1, 0.15) is 16.4 Å². The van der Waals surface area contributed by atoms with Gasteiger partial charge in [0.25, 0.3) is 0 Å². The molecule has 1 unspecified atom stereocenters. The van der Waals surface area contributed by atoms with Gasteiger partial charge < -0.3 is 14.2 Å². The lowest BCUT2D eigenvalue weighted by Crippen LogP contribution is -2.29. The van der Waals surface area contributed by atoms with E-state index in [1.165, 1.54) is 26.4 Å². The van der Waals surface area contributed by atoms with E-state index in [1.54, 1.807) is 13.2 Å². The molecule has 2 aromatic carbocycles. The topological polar surface area (TPSA) is 73.9 Å². The maximum absolute atomic E-state index is 12.7. The molecule has 0 aliphatic heterocycles. The van der Waals surface area contributed by atoms with Crippen LogP contribution in [-0.2, 0) is 14.8 Å². The molecular formula is C18H23NO5S. The van der Waals surface area contributed by atoms with Crippen molar-refractivity contribution in [2.75, 3.05) is 27.9 Å². The lowest BCUT2D eigenvalue weighted by atomic mass is 10.0. The van der Waals surface area contributed by atoms with E-state index < -0.39 is 10.0 Å². The van der Waals surface area contributed by atoms with Crippen LogP contribution in [0.15, 0.2) is 47.4 Å². The molecule has 0 heterocycles. The Morgan fingerprint density at radius 3 is 2.36 bits per heavy atom. The van der Waals surface area contributed by atoms with E-state index in [1.807, 2.05) is 31.2 Å². The molecule has 0 bridgehead atoms. The summed E-state index contributed by atoms with van der Waals surface area (Å²) in [6, 6.07) is 12.3. The highest BCUT2D eigenvalue weighted by molar-refractivity contribution is 7.89. The van der Waals surface area contributed by atoms with E-state index in [-0.39, 0.29) is 23.3 Å². The van der Waals surface area contributed by atoms with E-state index in [2.05, 4.69) is 4.72 Å². The average Bonchev–Trinajstić information content (AvgIpc) is 2.62. The first-order valence-corrected chi connectivity index (χ1v) is 9.21. The SMILES string of the molecule is COc1ccc(S(=O)(=O)NCC(OC)c2ccccc2C)c(OC)c1. The van der Waals surface area contributed by atoms with Crippen molar-refractivity contribution in [1.29, 1.82) is 0 Å². The van der Waals surface area contributed by atoms with E-state index in [4.69, 9.17) is 14.2 Å². The molecule has 1 atom stereocenters. The van der Waals surface area contributed by atoms with Crippen LogP contribution in [-0.4, -0.2) is 36.3 Å². The Labute approximate surface area is 148 Å². The molecule has 0 saturated heterocycles. The van der Waals surface area contributed by atoms with E-state index in [0.29, 0.717) is 5.75 Å². The van der Waals surface area contributed by atoms with Crippen molar-refractivity contribution in [2.45, 2.75) is 17.9 Å². The van der Waals surface area contributed by atoms with Gasteiger partial charge in [0.15, 0.2) is 0 Å². The Kier molecular flexibility index (Phi) is 6.41. The Morgan fingerprint density at radius 1 is 1.04 bits per heavy atom. The Balaban J connectivity index is 2.22. The summed E-state index contributed by atoms with van der Waals surface area (Å²) in [4.78, 5) is 0.0513. The Hall–Kier alpha value is -2.09. The van der Waals surface area contributed by atoms with Gasteiger partial charge in [-0.3, -0.25) is 0 Å². The molecule has 2 aromatic rings. The first-order valence-electron chi connectivity index (χ1n) is 7.73. The average molecular weight is 365 g/mol. The van der Waals surface area contributed by atoms with Crippen molar-refractivity contribution in [3.05, 3.63) is 53.6 Å². The first kappa shape index (κ1) is 19.2. The van der Waals surface area contributed by atoms with Crippen molar-refractivity contribution >= 4 is 10.0 Å². The molecule has 1 N–H and O–H groups in total. The standard InChI is InChI=1S/C18H23NO5S/c1-13-7-5-6-8-15(13)17(24-4)12-19-25(20,21)18-10-9-14(22-2)11-16(18)23-3/h5-11,17,19H,12H2,1-4H3. The lowest BCUT2D eigenvalue weighted by molar-refractivity contribution is 0.107. The number of benzene rings is 2. The molecular weight excluding hydrogens is 342 g/mol. The predicted octanol–water partition coefficient (Wildman–Crippen LogP) is 2.68.